The highest BCUT2D eigenvalue weighted by molar-refractivity contribution is 5.75. The predicted octanol–water partition coefficient (Wildman–Crippen LogP) is 0.849. The van der Waals surface area contributed by atoms with Gasteiger partial charge in [0.1, 0.15) is 12.4 Å². The van der Waals surface area contributed by atoms with Gasteiger partial charge in [-0.25, -0.2) is 4.57 Å². The molecule has 1 aromatic rings. The molecule has 0 saturated carbocycles. The highest BCUT2D eigenvalue weighted by Gasteiger charge is 2.23. The molecule has 0 atom stereocenters. The largest absolute Gasteiger partial charge is 0.424 e. The van der Waals surface area contributed by atoms with Crippen LogP contribution in [0.2, 0.25) is 0 Å². The van der Waals surface area contributed by atoms with Crippen molar-refractivity contribution in [2.75, 3.05) is 0 Å². The lowest BCUT2D eigenvalue weighted by Gasteiger charge is -2.14. The van der Waals surface area contributed by atoms with E-state index in [1.807, 2.05) is 20.8 Å². The van der Waals surface area contributed by atoms with Gasteiger partial charge >= 0.3 is 5.97 Å². The SMILES string of the molecule is CC(C)(C)C(=O)OC[n+]1cc[nH]c1. The zero-order valence-corrected chi connectivity index (χ0v) is 8.20. The number of aromatic amines is 1. The average Bonchev–Trinajstić information content (AvgIpc) is 2.50. The zero-order valence-electron chi connectivity index (χ0n) is 8.20. The van der Waals surface area contributed by atoms with E-state index in [9.17, 15) is 4.79 Å². The quantitative estimate of drug-likeness (QED) is 0.545. The van der Waals surface area contributed by atoms with E-state index in [2.05, 4.69) is 4.98 Å². The summed E-state index contributed by atoms with van der Waals surface area (Å²) < 4.78 is 6.81. The van der Waals surface area contributed by atoms with E-state index in [-0.39, 0.29) is 12.7 Å². The Bertz CT molecular complexity index is 272. The van der Waals surface area contributed by atoms with Crippen molar-refractivity contribution in [2.45, 2.75) is 27.5 Å². The normalized spacial score (nSPS) is 11.3. The molecule has 72 valence electrons. The number of rotatable bonds is 2. The molecule has 0 aliphatic heterocycles. The fourth-order valence-corrected chi connectivity index (χ4v) is 0.751. The molecule has 1 heterocycles. The summed E-state index contributed by atoms with van der Waals surface area (Å²) in [5.74, 6) is -0.193. The number of hydrogen-bond acceptors (Lipinski definition) is 2. The minimum absolute atomic E-state index is 0.193. The molecule has 0 spiro atoms. The van der Waals surface area contributed by atoms with Crippen LogP contribution in [0.1, 0.15) is 20.8 Å². The summed E-state index contributed by atoms with van der Waals surface area (Å²) in [6.07, 6.45) is 5.30. The van der Waals surface area contributed by atoms with E-state index in [0.717, 1.165) is 0 Å². The molecule has 0 radical (unpaired) electrons. The standard InChI is InChI=1S/C9H14N2O2/c1-9(2,3)8(12)13-7-11-5-4-10-6-11/h4-6H,7H2,1-3H3/p+1. The number of carbonyl (C=O) groups is 1. The Morgan fingerprint density at radius 1 is 1.54 bits per heavy atom. The summed E-state index contributed by atoms with van der Waals surface area (Å²) in [5.41, 5.74) is -0.434. The minimum atomic E-state index is -0.434. The number of imidazole rings is 1. The molecule has 1 rings (SSSR count). The maximum absolute atomic E-state index is 11.3. The number of H-pyrrole nitrogens is 1. The predicted molar refractivity (Wildman–Crippen MR) is 46.5 cm³/mol. The molecule has 1 N–H and O–H groups in total. The lowest BCUT2D eigenvalue weighted by atomic mass is 9.98. The van der Waals surface area contributed by atoms with Gasteiger partial charge in [0.2, 0.25) is 13.1 Å². The maximum Gasteiger partial charge on any atom is 0.314 e. The van der Waals surface area contributed by atoms with Crippen LogP contribution in [0.5, 0.6) is 0 Å². The van der Waals surface area contributed by atoms with Crippen LogP contribution in [0.3, 0.4) is 0 Å². The molecule has 1 aromatic heterocycles. The third kappa shape index (κ3) is 2.89. The van der Waals surface area contributed by atoms with Crippen LogP contribution in [0.25, 0.3) is 0 Å². The van der Waals surface area contributed by atoms with Gasteiger partial charge in [-0.3, -0.25) is 9.78 Å². The van der Waals surface area contributed by atoms with Crippen molar-refractivity contribution in [3.63, 3.8) is 0 Å². The number of ether oxygens (including phenoxy) is 1. The van der Waals surface area contributed by atoms with Gasteiger partial charge in [-0.15, -0.1) is 0 Å². The molecule has 0 fully saturated rings. The van der Waals surface area contributed by atoms with Gasteiger partial charge in [-0.05, 0) is 20.8 Å². The average molecular weight is 183 g/mol. The molecular weight excluding hydrogens is 168 g/mol. The second-order valence-electron chi connectivity index (χ2n) is 3.94. The summed E-state index contributed by atoms with van der Waals surface area (Å²) in [5, 5.41) is 0. The van der Waals surface area contributed by atoms with Crippen molar-refractivity contribution < 1.29 is 14.1 Å². The van der Waals surface area contributed by atoms with Gasteiger partial charge in [-0.1, -0.05) is 0 Å². The Hall–Kier alpha value is -1.32. The van der Waals surface area contributed by atoms with Crippen LogP contribution in [0, 0.1) is 5.41 Å². The molecule has 0 aliphatic rings. The van der Waals surface area contributed by atoms with Gasteiger partial charge in [0, 0.05) is 0 Å². The van der Waals surface area contributed by atoms with E-state index in [4.69, 9.17) is 4.74 Å². The number of nitrogens with one attached hydrogen (secondary N) is 1. The first-order valence-corrected chi connectivity index (χ1v) is 4.19. The van der Waals surface area contributed by atoms with E-state index in [1.165, 1.54) is 0 Å². The second-order valence-corrected chi connectivity index (χ2v) is 3.94. The van der Waals surface area contributed by atoms with Crippen molar-refractivity contribution >= 4 is 5.97 Å². The van der Waals surface area contributed by atoms with E-state index in [0.29, 0.717) is 0 Å². The number of aromatic nitrogens is 2. The number of esters is 1. The molecule has 0 amide bonds. The molecule has 4 heteroatoms. The van der Waals surface area contributed by atoms with Crippen molar-refractivity contribution in [3.05, 3.63) is 18.7 Å². The summed E-state index contributed by atoms with van der Waals surface area (Å²) in [6.45, 7) is 5.75. The van der Waals surface area contributed by atoms with E-state index < -0.39 is 5.41 Å². The van der Waals surface area contributed by atoms with Gasteiger partial charge < -0.3 is 4.74 Å². The fourth-order valence-electron chi connectivity index (χ4n) is 0.751. The van der Waals surface area contributed by atoms with Crippen molar-refractivity contribution in [1.82, 2.24) is 4.98 Å². The molecular formula is C9H15N2O2+. The van der Waals surface area contributed by atoms with Crippen LogP contribution >= 0.6 is 0 Å². The first-order valence-electron chi connectivity index (χ1n) is 4.19. The van der Waals surface area contributed by atoms with Crippen LogP contribution in [0.4, 0.5) is 0 Å². The first kappa shape index (κ1) is 9.77. The third-order valence-electron chi connectivity index (χ3n) is 1.56. The Morgan fingerprint density at radius 3 is 2.69 bits per heavy atom. The molecule has 0 aromatic carbocycles. The van der Waals surface area contributed by atoms with E-state index in [1.54, 1.807) is 23.3 Å². The number of carbonyl (C=O) groups excluding carboxylic acids is 1. The second kappa shape index (κ2) is 3.60. The molecule has 13 heavy (non-hydrogen) atoms. The number of nitrogens with zero attached hydrogens (tertiary/aromatic N) is 1. The van der Waals surface area contributed by atoms with Gasteiger partial charge in [0.25, 0.3) is 0 Å². The summed E-state index contributed by atoms with van der Waals surface area (Å²) in [7, 11) is 0. The topological polar surface area (TPSA) is 46.0 Å². The Kier molecular flexibility index (Phi) is 2.70. The van der Waals surface area contributed by atoms with Crippen molar-refractivity contribution in [2.24, 2.45) is 5.41 Å². The Labute approximate surface area is 77.5 Å². The lowest BCUT2D eigenvalue weighted by Crippen LogP contribution is -2.36. The molecule has 0 bridgehead atoms. The van der Waals surface area contributed by atoms with Crippen LogP contribution in [0.15, 0.2) is 18.7 Å². The van der Waals surface area contributed by atoms with E-state index >= 15 is 0 Å². The fraction of sp³-hybridized carbons (Fsp3) is 0.556. The minimum Gasteiger partial charge on any atom is -0.424 e. The lowest BCUT2D eigenvalue weighted by molar-refractivity contribution is -0.726. The number of hydrogen-bond donors (Lipinski definition) is 1. The van der Waals surface area contributed by atoms with Gasteiger partial charge in [-0.2, -0.15) is 0 Å². The van der Waals surface area contributed by atoms with Gasteiger partial charge in [0.15, 0.2) is 0 Å². The smallest absolute Gasteiger partial charge is 0.314 e. The third-order valence-corrected chi connectivity index (χ3v) is 1.56. The Morgan fingerprint density at radius 2 is 2.23 bits per heavy atom. The summed E-state index contributed by atoms with van der Waals surface area (Å²) in [6, 6.07) is 0. The van der Waals surface area contributed by atoms with Crippen LogP contribution in [-0.2, 0) is 16.3 Å². The van der Waals surface area contributed by atoms with Crippen LogP contribution in [-0.4, -0.2) is 11.0 Å². The first-order chi connectivity index (χ1) is 6.00. The highest BCUT2D eigenvalue weighted by atomic mass is 16.5. The molecule has 4 nitrogen and oxygen atoms in total. The van der Waals surface area contributed by atoms with Gasteiger partial charge in [0.05, 0.1) is 5.41 Å². The van der Waals surface area contributed by atoms with Crippen LogP contribution < -0.4 is 4.57 Å². The van der Waals surface area contributed by atoms with Crippen molar-refractivity contribution in [3.8, 4) is 0 Å². The molecule has 0 unspecified atom stereocenters. The zero-order chi connectivity index (χ0) is 9.90. The van der Waals surface area contributed by atoms with Crippen molar-refractivity contribution in [1.29, 1.82) is 0 Å². The monoisotopic (exact) mass is 183 g/mol. The molecule has 0 saturated heterocycles. The summed E-state index contributed by atoms with van der Waals surface area (Å²) >= 11 is 0. The Balaban J connectivity index is 2.40. The maximum atomic E-state index is 11.3. The highest BCUT2D eigenvalue weighted by Crippen LogP contribution is 2.14. The summed E-state index contributed by atoms with van der Waals surface area (Å²) in [4.78, 5) is 14.2. The molecule has 0 aliphatic carbocycles.